The van der Waals surface area contributed by atoms with Gasteiger partial charge in [0.25, 0.3) is 5.56 Å². The molecule has 1 aliphatic rings. The molecule has 1 aliphatic heterocycles. The van der Waals surface area contributed by atoms with Crippen LogP contribution in [-0.4, -0.2) is 45.3 Å². The van der Waals surface area contributed by atoms with E-state index in [1.165, 1.54) is 11.7 Å². The zero-order chi connectivity index (χ0) is 22.7. The Bertz CT molecular complexity index is 1290. The summed E-state index contributed by atoms with van der Waals surface area (Å²) >= 11 is 0. The second-order valence-corrected chi connectivity index (χ2v) is 7.71. The van der Waals surface area contributed by atoms with Crippen LogP contribution in [-0.2, 0) is 13.1 Å². The van der Waals surface area contributed by atoms with Crippen LogP contribution in [0.15, 0.2) is 29.1 Å². The summed E-state index contributed by atoms with van der Waals surface area (Å²) in [7, 11) is 1.48. The molecule has 0 spiro atoms. The molecule has 0 aliphatic carbocycles. The number of benzene rings is 1. The predicted octanol–water partition coefficient (Wildman–Crippen LogP) is 2.15. The van der Waals surface area contributed by atoms with E-state index in [0.717, 1.165) is 24.9 Å². The fourth-order valence-corrected chi connectivity index (χ4v) is 3.98. The molecule has 1 aromatic carbocycles. The standard InChI is InChI=1S/C23H25N7O2/c1-4-5-13-29-19-20(26-22(29)28-12-6-7-17(24)15-28)27-23(32-3)30(21(19)31)14-16-8-10-18(25-2)11-9-16/h8-11,17H,6-7,12-15,24H2,1,3H3. The molecular weight excluding hydrogens is 406 g/mol. The highest BCUT2D eigenvalue weighted by Gasteiger charge is 2.26. The fraction of sp³-hybridized carbons (Fsp3) is 0.391. The Morgan fingerprint density at radius 3 is 2.72 bits per heavy atom. The molecule has 164 valence electrons. The maximum atomic E-state index is 13.6. The fourth-order valence-electron chi connectivity index (χ4n) is 3.98. The summed E-state index contributed by atoms with van der Waals surface area (Å²) in [4.78, 5) is 28.4. The van der Waals surface area contributed by atoms with E-state index in [-0.39, 0.29) is 24.2 Å². The van der Waals surface area contributed by atoms with Crippen molar-refractivity contribution >= 4 is 22.8 Å². The van der Waals surface area contributed by atoms with Gasteiger partial charge in [-0.05, 0) is 25.3 Å². The lowest BCUT2D eigenvalue weighted by Crippen LogP contribution is -2.44. The Kier molecular flexibility index (Phi) is 6.11. The van der Waals surface area contributed by atoms with E-state index in [4.69, 9.17) is 22.0 Å². The molecule has 1 saturated heterocycles. The van der Waals surface area contributed by atoms with E-state index in [1.54, 1.807) is 19.1 Å². The molecule has 0 amide bonds. The molecule has 0 bridgehead atoms. The lowest BCUT2D eigenvalue weighted by molar-refractivity contribution is 0.353. The van der Waals surface area contributed by atoms with Crippen molar-refractivity contribution in [1.82, 2.24) is 19.1 Å². The summed E-state index contributed by atoms with van der Waals surface area (Å²) < 4.78 is 8.75. The molecule has 0 saturated carbocycles. The van der Waals surface area contributed by atoms with Gasteiger partial charge in [-0.2, -0.15) is 9.97 Å². The molecule has 1 atom stereocenters. The van der Waals surface area contributed by atoms with Gasteiger partial charge in [0, 0.05) is 19.1 Å². The number of anilines is 1. The maximum Gasteiger partial charge on any atom is 0.301 e. The Hall–Kier alpha value is -3.82. The van der Waals surface area contributed by atoms with E-state index < -0.39 is 0 Å². The van der Waals surface area contributed by atoms with Crippen LogP contribution in [0.3, 0.4) is 0 Å². The number of methoxy groups -OCH3 is 1. The Morgan fingerprint density at radius 2 is 2.06 bits per heavy atom. The van der Waals surface area contributed by atoms with E-state index in [9.17, 15) is 4.79 Å². The van der Waals surface area contributed by atoms with Gasteiger partial charge in [-0.3, -0.25) is 13.9 Å². The van der Waals surface area contributed by atoms with Crippen LogP contribution in [0.5, 0.6) is 6.01 Å². The molecule has 1 fully saturated rings. The van der Waals surface area contributed by atoms with E-state index in [1.807, 2.05) is 16.7 Å². The molecular formula is C23H25N7O2. The molecule has 9 nitrogen and oxygen atoms in total. The number of piperidine rings is 1. The van der Waals surface area contributed by atoms with Crippen LogP contribution < -0.4 is 20.9 Å². The lowest BCUT2D eigenvalue weighted by atomic mass is 10.1. The summed E-state index contributed by atoms with van der Waals surface area (Å²) in [5, 5.41) is 0. The first-order chi connectivity index (χ1) is 15.5. The molecule has 3 aromatic rings. The number of nitrogens with zero attached hydrogens (tertiary/aromatic N) is 6. The first kappa shape index (κ1) is 21.4. The Balaban J connectivity index is 1.86. The SMILES string of the molecule is [C-]#[N+]c1ccc(Cn2c(OC)nc3nc(N4CCCC(N)C4)n(CC#CC)c3c2=O)cc1. The second-order valence-electron chi connectivity index (χ2n) is 7.71. The Morgan fingerprint density at radius 1 is 1.28 bits per heavy atom. The third-order valence-corrected chi connectivity index (χ3v) is 5.55. The van der Waals surface area contributed by atoms with Crippen molar-refractivity contribution in [3.63, 3.8) is 0 Å². The molecule has 9 heteroatoms. The van der Waals surface area contributed by atoms with Crippen molar-refractivity contribution in [2.24, 2.45) is 5.73 Å². The van der Waals surface area contributed by atoms with E-state index in [2.05, 4.69) is 26.6 Å². The third-order valence-electron chi connectivity index (χ3n) is 5.55. The topological polar surface area (TPSA) is 95.6 Å². The normalized spacial score (nSPS) is 15.8. The monoisotopic (exact) mass is 431 g/mol. The Labute approximate surface area is 186 Å². The van der Waals surface area contributed by atoms with Gasteiger partial charge in [-0.15, -0.1) is 5.92 Å². The number of hydrogen-bond acceptors (Lipinski definition) is 6. The average molecular weight is 432 g/mol. The molecule has 32 heavy (non-hydrogen) atoms. The van der Waals surface area contributed by atoms with Gasteiger partial charge in [0.05, 0.1) is 26.8 Å². The zero-order valence-corrected chi connectivity index (χ0v) is 18.2. The van der Waals surface area contributed by atoms with Crippen molar-refractivity contribution in [2.75, 3.05) is 25.1 Å². The highest BCUT2D eigenvalue weighted by molar-refractivity contribution is 5.75. The summed E-state index contributed by atoms with van der Waals surface area (Å²) in [5.74, 6) is 6.60. The second kappa shape index (κ2) is 9.13. The van der Waals surface area contributed by atoms with E-state index in [0.29, 0.717) is 35.9 Å². The quantitative estimate of drug-likeness (QED) is 0.491. The van der Waals surface area contributed by atoms with Crippen molar-refractivity contribution in [2.45, 2.75) is 38.9 Å². The van der Waals surface area contributed by atoms with Crippen LogP contribution in [0, 0.1) is 18.4 Å². The molecule has 1 unspecified atom stereocenters. The lowest BCUT2D eigenvalue weighted by Gasteiger charge is -2.31. The summed E-state index contributed by atoms with van der Waals surface area (Å²) in [6.45, 7) is 11.0. The first-order valence-electron chi connectivity index (χ1n) is 10.5. The van der Waals surface area contributed by atoms with Crippen LogP contribution in [0.4, 0.5) is 11.6 Å². The zero-order valence-electron chi connectivity index (χ0n) is 18.2. The van der Waals surface area contributed by atoms with Gasteiger partial charge in [-0.1, -0.05) is 30.2 Å². The maximum absolute atomic E-state index is 13.6. The molecule has 3 heterocycles. The van der Waals surface area contributed by atoms with Crippen LogP contribution >= 0.6 is 0 Å². The summed E-state index contributed by atoms with van der Waals surface area (Å²) in [6, 6.07) is 7.35. The number of fused-ring (bicyclic) bond motifs is 1. The average Bonchev–Trinajstić information content (AvgIpc) is 3.18. The van der Waals surface area contributed by atoms with Crippen LogP contribution in [0.25, 0.3) is 16.0 Å². The highest BCUT2D eigenvalue weighted by Crippen LogP contribution is 2.24. The van der Waals surface area contributed by atoms with Gasteiger partial charge in [-0.25, -0.2) is 4.85 Å². The predicted molar refractivity (Wildman–Crippen MR) is 123 cm³/mol. The first-order valence-corrected chi connectivity index (χ1v) is 10.5. The number of hydrogen-bond donors (Lipinski definition) is 1. The van der Waals surface area contributed by atoms with Gasteiger partial charge >= 0.3 is 6.01 Å². The number of imidazole rings is 1. The smallest absolute Gasteiger partial charge is 0.301 e. The summed E-state index contributed by atoms with van der Waals surface area (Å²) in [6.07, 6.45) is 1.93. The van der Waals surface area contributed by atoms with Crippen LogP contribution in [0.2, 0.25) is 0 Å². The number of ether oxygens (including phenoxy) is 1. The molecule has 0 radical (unpaired) electrons. The number of nitrogens with two attached hydrogens (primary N) is 1. The minimum Gasteiger partial charge on any atom is -0.468 e. The van der Waals surface area contributed by atoms with Crippen LogP contribution in [0.1, 0.15) is 25.3 Å². The molecule has 2 aromatic heterocycles. The number of aromatic nitrogens is 4. The third kappa shape index (κ3) is 4.03. The van der Waals surface area contributed by atoms with Crippen molar-refractivity contribution in [1.29, 1.82) is 0 Å². The summed E-state index contributed by atoms with van der Waals surface area (Å²) in [5.41, 5.74) is 8.06. The highest BCUT2D eigenvalue weighted by atomic mass is 16.5. The van der Waals surface area contributed by atoms with Crippen molar-refractivity contribution < 1.29 is 4.74 Å². The van der Waals surface area contributed by atoms with Crippen molar-refractivity contribution in [3.8, 4) is 17.9 Å². The minimum absolute atomic E-state index is 0.0619. The largest absolute Gasteiger partial charge is 0.468 e. The van der Waals surface area contributed by atoms with Gasteiger partial charge in [0.15, 0.2) is 16.9 Å². The molecule has 2 N–H and O–H groups in total. The van der Waals surface area contributed by atoms with E-state index >= 15 is 0 Å². The van der Waals surface area contributed by atoms with Gasteiger partial charge < -0.3 is 15.4 Å². The van der Waals surface area contributed by atoms with Gasteiger partial charge in [0.1, 0.15) is 0 Å². The molecule has 4 rings (SSSR count). The minimum atomic E-state index is -0.251. The van der Waals surface area contributed by atoms with Crippen molar-refractivity contribution in [3.05, 3.63) is 51.6 Å². The number of rotatable bonds is 5. The van der Waals surface area contributed by atoms with Gasteiger partial charge in [0.2, 0.25) is 5.95 Å².